The molecular weight excluding hydrogens is 632 g/mol. The van der Waals surface area contributed by atoms with E-state index in [0.717, 1.165) is 14.9 Å². The summed E-state index contributed by atoms with van der Waals surface area (Å²) in [6, 6.07) is 27.2. The Balaban J connectivity index is 1.42. The van der Waals surface area contributed by atoms with Crippen LogP contribution in [0.3, 0.4) is 0 Å². The number of carbonyl (C=O) groups is 3. The summed E-state index contributed by atoms with van der Waals surface area (Å²) < 4.78 is 0.828. The van der Waals surface area contributed by atoms with E-state index >= 15 is 0 Å². The van der Waals surface area contributed by atoms with Gasteiger partial charge in [-0.1, -0.05) is 46.3 Å². The molecule has 0 aliphatic carbocycles. The van der Waals surface area contributed by atoms with Crippen LogP contribution in [-0.2, 0) is 9.59 Å². The summed E-state index contributed by atoms with van der Waals surface area (Å²) >= 11 is 4.75. The van der Waals surface area contributed by atoms with Crippen LogP contribution in [0, 0.1) is 17.0 Å². The molecule has 3 N–H and O–H groups in total. The van der Waals surface area contributed by atoms with Crippen molar-refractivity contribution in [2.45, 2.75) is 24.0 Å². The molecule has 11 heteroatoms. The van der Waals surface area contributed by atoms with E-state index in [1.54, 1.807) is 74.5 Å². The summed E-state index contributed by atoms with van der Waals surface area (Å²) in [6.07, 6.45) is 1.60. The van der Waals surface area contributed by atoms with Gasteiger partial charge in [-0.3, -0.25) is 24.5 Å². The standard InChI is InChI=1S/C32H27BrN4O5S/c1-20-17-26(37(41)42)13-16-28(20)35-30(38)21(2)43-27-14-11-25(12-15-27)34-32(40)29(19-22-7-6-10-24(33)18-22)36-31(39)23-8-4-3-5-9-23/h3-19,21H,1-2H3,(H,34,40)(H,35,38)(H,36,39)/b29-19-. The first-order chi connectivity index (χ1) is 20.6. The van der Waals surface area contributed by atoms with Gasteiger partial charge in [0, 0.05) is 38.4 Å². The number of benzene rings is 4. The Morgan fingerprint density at radius 1 is 0.907 bits per heavy atom. The molecule has 0 fully saturated rings. The zero-order chi connectivity index (χ0) is 30.9. The number of nitro benzene ring substituents is 1. The lowest BCUT2D eigenvalue weighted by molar-refractivity contribution is -0.384. The van der Waals surface area contributed by atoms with Crippen LogP contribution >= 0.6 is 27.7 Å². The second-order valence-corrected chi connectivity index (χ2v) is 11.7. The second-order valence-electron chi connectivity index (χ2n) is 9.42. The molecule has 4 rings (SSSR count). The minimum absolute atomic E-state index is 0.0422. The number of nitro groups is 1. The maximum atomic E-state index is 13.3. The lowest BCUT2D eigenvalue weighted by Gasteiger charge is -2.14. The van der Waals surface area contributed by atoms with Crippen LogP contribution in [0.2, 0.25) is 0 Å². The van der Waals surface area contributed by atoms with E-state index in [4.69, 9.17) is 0 Å². The van der Waals surface area contributed by atoms with Gasteiger partial charge >= 0.3 is 0 Å². The van der Waals surface area contributed by atoms with Gasteiger partial charge in [0.15, 0.2) is 0 Å². The molecule has 1 unspecified atom stereocenters. The highest BCUT2D eigenvalue weighted by atomic mass is 79.9. The van der Waals surface area contributed by atoms with Gasteiger partial charge in [0.1, 0.15) is 5.70 Å². The predicted octanol–water partition coefficient (Wildman–Crippen LogP) is 7.19. The molecule has 218 valence electrons. The highest BCUT2D eigenvalue weighted by Gasteiger charge is 2.18. The predicted molar refractivity (Wildman–Crippen MR) is 173 cm³/mol. The number of hydrogen-bond donors (Lipinski definition) is 3. The highest BCUT2D eigenvalue weighted by Crippen LogP contribution is 2.27. The van der Waals surface area contributed by atoms with Crippen LogP contribution in [0.4, 0.5) is 17.1 Å². The Labute approximate surface area is 261 Å². The molecule has 0 bridgehead atoms. The van der Waals surface area contributed by atoms with Crippen LogP contribution < -0.4 is 16.0 Å². The van der Waals surface area contributed by atoms with Crippen molar-refractivity contribution in [2.75, 3.05) is 10.6 Å². The van der Waals surface area contributed by atoms with Gasteiger partial charge in [-0.2, -0.15) is 0 Å². The molecule has 0 aliphatic heterocycles. The fourth-order valence-electron chi connectivity index (χ4n) is 3.91. The number of anilines is 2. The van der Waals surface area contributed by atoms with Gasteiger partial charge in [0.25, 0.3) is 17.5 Å². The summed E-state index contributed by atoms with van der Waals surface area (Å²) in [5.41, 5.74) is 2.76. The first-order valence-electron chi connectivity index (χ1n) is 13.1. The van der Waals surface area contributed by atoms with Crippen molar-refractivity contribution < 1.29 is 19.3 Å². The number of nitrogens with zero attached hydrogens (tertiary/aromatic N) is 1. The zero-order valence-corrected chi connectivity index (χ0v) is 25.6. The number of aryl methyl sites for hydroxylation is 1. The zero-order valence-electron chi connectivity index (χ0n) is 23.2. The number of hydrogen-bond acceptors (Lipinski definition) is 6. The Morgan fingerprint density at radius 3 is 2.28 bits per heavy atom. The SMILES string of the molecule is Cc1cc([N+](=O)[O-])ccc1NC(=O)C(C)Sc1ccc(NC(=O)/C(=C/c2cccc(Br)c2)NC(=O)c2ccccc2)cc1. The second kappa shape index (κ2) is 14.4. The third-order valence-electron chi connectivity index (χ3n) is 6.16. The fraction of sp³-hybridized carbons (Fsp3) is 0.0938. The Hall–Kier alpha value is -4.74. The minimum atomic E-state index is -0.504. The third kappa shape index (κ3) is 8.87. The van der Waals surface area contributed by atoms with Crippen molar-refractivity contribution >= 4 is 68.6 Å². The number of amides is 3. The summed E-state index contributed by atoms with van der Waals surface area (Å²) in [5.74, 6) is -1.17. The minimum Gasteiger partial charge on any atom is -0.325 e. The fourth-order valence-corrected chi connectivity index (χ4v) is 5.20. The number of carbonyl (C=O) groups excluding carboxylic acids is 3. The van der Waals surface area contributed by atoms with E-state index in [2.05, 4.69) is 31.9 Å². The van der Waals surface area contributed by atoms with E-state index in [1.165, 1.54) is 30.0 Å². The highest BCUT2D eigenvalue weighted by molar-refractivity contribution is 9.10. The molecule has 0 aliphatic rings. The summed E-state index contributed by atoms with van der Waals surface area (Å²) in [7, 11) is 0. The summed E-state index contributed by atoms with van der Waals surface area (Å²) in [4.78, 5) is 50.2. The van der Waals surface area contributed by atoms with Crippen LogP contribution in [0.5, 0.6) is 0 Å². The topological polar surface area (TPSA) is 130 Å². The molecule has 0 saturated heterocycles. The molecule has 4 aromatic rings. The van der Waals surface area contributed by atoms with E-state index in [9.17, 15) is 24.5 Å². The van der Waals surface area contributed by atoms with Gasteiger partial charge in [-0.15, -0.1) is 11.8 Å². The Bertz CT molecular complexity index is 1690. The van der Waals surface area contributed by atoms with Crippen molar-refractivity contribution in [1.29, 1.82) is 0 Å². The first-order valence-corrected chi connectivity index (χ1v) is 14.7. The van der Waals surface area contributed by atoms with E-state index < -0.39 is 22.0 Å². The average molecular weight is 660 g/mol. The van der Waals surface area contributed by atoms with Crippen molar-refractivity contribution in [3.8, 4) is 0 Å². The van der Waals surface area contributed by atoms with Crippen molar-refractivity contribution in [1.82, 2.24) is 5.32 Å². The molecule has 0 heterocycles. The third-order valence-corrected chi connectivity index (χ3v) is 7.77. The molecule has 43 heavy (non-hydrogen) atoms. The maximum absolute atomic E-state index is 13.3. The summed E-state index contributed by atoms with van der Waals surface area (Å²) in [6.45, 7) is 3.45. The monoisotopic (exact) mass is 658 g/mol. The van der Waals surface area contributed by atoms with Crippen LogP contribution in [0.15, 0.2) is 112 Å². The average Bonchev–Trinajstić information content (AvgIpc) is 2.99. The Kier molecular flexibility index (Phi) is 10.5. The maximum Gasteiger partial charge on any atom is 0.272 e. The number of non-ortho nitro benzene ring substituents is 1. The number of rotatable bonds is 10. The normalized spacial score (nSPS) is 11.7. The smallest absolute Gasteiger partial charge is 0.272 e. The molecule has 0 saturated carbocycles. The van der Waals surface area contributed by atoms with Crippen molar-refractivity contribution in [2.24, 2.45) is 0 Å². The van der Waals surface area contributed by atoms with Gasteiger partial charge in [-0.05, 0) is 85.6 Å². The van der Waals surface area contributed by atoms with Crippen molar-refractivity contribution in [3.05, 3.63) is 134 Å². The Morgan fingerprint density at radius 2 is 1.63 bits per heavy atom. The molecule has 0 aromatic heterocycles. The van der Waals surface area contributed by atoms with Gasteiger partial charge in [0.2, 0.25) is 5.91 Å². The summed E-state index contributed by atoms with van der Waals surface area (Å²) in [5, 5.41) is 18.8. The molecule has 4 aromatic carbocycles. The van der Waals surface area contributed by atoms with Crippen LogP contribution in [-0.4, -0.2) is 27.9 Å². The van der Waals surface area contributed by atoms with Crippen LogP contribution in [0.1, 0.15) is 28.4 Å². The lowest BCUT2D eigenvalue weighted by atomic mass is 10.1. The first kappa shape index (κ1) is 31.2. The van der Waals surface area contributed by atoms with Gasteiger partial charge in [-0.25, -0.2) is 0 Å². The molecular formula is C32H27BrN4O5S. The lowest BCUT2D eigenvalue weighted by Crippen LogP contribution is -2.30. The largest absolute Gasteiger partial charge is 0.325 e. The molecule has 9 nitrogen and oxygen atoms in total. The van der Waals surface area contributed by atoms with E-state index in [1.807, 2.05) is 24.3 Å². The molecule has 1 atom stereocenters. The number of thioether (sulfide) groups is 1. The van der Waals surface area contributed by atoms with Gasteiger partial charge < -0.3 is 16.0 Å². The van der Waals surface area contributed by atoms with Crippen LogP contribution in [0.25, 0.3) is 6.08 Å². The number of nitrogens with one attached hydrogen (secondary N) is 3. The van der Waals surface area contributed by atoms with Gasteiger partial charge in [0.05, 0.1) is 10.2 Å². The van der Waals surface area contributed by atoms with E-state index in [0.29, 0.717) is 22.5 Å². The molecule has 0 radical (unpaired) electrons. The number of halogens is 1. The van der Waals surface area contributed by atoms with E-state index in [-0.39, 0.29) is 17.3 Å². The molecule has 0 spiro atoms. The molecule has 3 amide bonds. The quantitative estimate of drug-likeness (QED) is 0.0715. The van der Waals surface area contributed by atoms with Crippen molar-refractivity contribution in [3.63, 3.8) is 0 Å².